The Morgan fingerprint density at radius 2 is 1.86 bits per heavy atom. The smallest absolute Gasteiger partial charge is 0.339 e. The average molecular weight is 441 g/mol. The van der Waals surface area contributed by atoms with Gasteiger partial charge in [0.15, 0.2) is 0 Å². The van der Waals surface area contributed by atoms with Crippen molar-refractivity contribution in [1.29, 1.82) is 0 Å². The molecule has 3 heterocycles. The Balaban J connectivity index is 1.38. The number of esters is 1. The Morgan fingerprint density at radius 1 is 1.14 bits per heavy atom. The van der Waals surface area contributed by atoms with E-state index in [9.17, 15) is 18.0 Å². The minimum absolute atomic E-state index is 0.0516. The fraction of sp³-hybridized carbons (Fsp3) is 0.333. The zero-order chi connectivity index (χ0) is 19.9. The predicted molar refractivity (Wildman–Crippen MR) is 104 cm³/mol. The van der Waals surface area contributed by atoms with Crippen LogP contribution in [0.15, 0.2) is 40.6 Å². The van der Waals surface area contributed by atoms with Crippen LogP contribution in [0.2, 0.25) is 4.34 Å². The molecule has 10 heteroatoms. The second-order valence-corrected chi connectivity index (χ2v) is 10.4. The average Bonchev–Trinajstić information content (AvgIpc) is 3.26. The zero-order valence-corrected chi connectivity index (χ0v) is 17.1. The van der Waals surface area contributed by atoms with Gasteiger partial charge in [-0.25, -0.2) is 13.2 Å². The number of amides is 1. The van der Waals surface area contributed by atoms with Crippen molar-refractivity contribution in [3.05, 3.63) is 51.9 Å². The largest absolute Gasteiger partial charge is 0.453 e. The number of sulfonamides is 1. The molecular formula is C18H17ClN2O5S2. The van der Waals surface area contributed by atoms with Crippen LogP contribution < -0.4 is 0 Å². The van der Waals surface area contributed by atoms with Gasteiger partial charge in [0, 0.05) is 31.7 Å². The Hall–Kier alpha value is -1.94. The fourth-order valence-electron chi connectivity index (χ4n) is 3.40. The number of benzene rings is 1. The molecule has 2 aromatic rings. The third-order valence-electron chi connectivity index (χ3n) is 4.87. The SMILES string of the molecule is O=C1OC(CC(=O)N2CCN(S(=O)(=O)c3ccc(Cl)s3)CC2)c2ccccc21. The molecule has 0 spiro atoms. The van der Waals surface area contributed by atoms with Gasteiger partial charge in [0.1, 0.15) is 10.3 Å². The first-order chi connectivity index (χ1) is 13.4. The highest BCUT2D eigenvalue weighted by molar-refractivity contribution is 7.91. The van der Waals surface area contributed by atoms with E-state index < -0.39 is 22.1 Å². The van der Waals surface area contributed by atoms with E-state index in [1.165, 1.54) is 10.4 Å². The maximum Gasteiger partial charge on any atom is 0.339 e. The summed E-state index contributed by atoms with van der Waals surface area (Å²) in [5, 5.41) is 0. The molecule has 2 aliphatic rings. The van der Waals surface area contributed by atoms with Gasteiger partial charge in [0.25, 0.3) is 10.0 Å². The molecule has 0 aliphatic carbocycles. The van der Waals surface area contributed by atoms with Gasteiger partial charge in [-0.05, 0) is 18.2 Å². The summed E-state index contributed by atoms with van der Waals surface area (Å²) < 4.78 is 32.6. The van der Waals surface area contributed by atoms with E-state index in [4.69, 9.17) is 16.3 Å². The van der Waals surface area contributed by atoms with Gasteiger partial charge in [0.05, 0.1) is 16.3 Å². The number of piperazine rings is 1. The minimum Gasteiger partial charge on any atom is -0.453 e. The number of rotatable bonds is 4. The highest BCUT2D eigenvalue weighted by Gasteiger charge is 2.35. The first-order valence-corrected chi connectivity index (χ1v) is 11.3. The van der Waals surface area contributed by atoms with Crippen molar-refractivity contribution in [2.24, 2.45) is 0 Å². The standard InChI is InChI=1S/C18H17ClN2O5S2/c19-15-5-6-17(27-15)28(24,25)21-9-7-20(8-10-21)16(22)11-14-12-3-1-2-4-13(12)18(23)26-14/h1-6,14H,7-11H2. The van der Waals surface area contributed by atoms with Crippen LogP contribution in [0, 0.1) is 0 Å². The van der Waals surface area contributed by atoms with Crippen LogP contribution >= 0.6 is 22.9 Å². The Labute approximate surface area is 171 Å². The van der Waals surface area contributed by atoms with Crippen molar-refractivity contribution in [1.82, 2.24) is 9.21 Å². The fourth-order valence-corrected chi connectivity index (χ4v) is 6.46. The highest BCUT2D eigenvalue weighted by Crippen LogP contribution is 2.33. The van der Waals surface area contributed by atoms with Crippen LogP contribution in [-0.2, 0) is 19.6 Å². The van der Waals surface area contributed by atoms with Gasteiger partial charge >= 0.3 is 5.97 Å². The lowest BCUT2D eigenvalue weighted by molar-refractivity contribution is -0.134. The number of cyclic esters (lactones) is 1. The molecule has 28 heavy (non-hydrogen) atoms. The molecule has 0 N–H and O–H groups in total. The van der Waals surface area contributed by atoms with E-state index in [0.29, 0.717) is 23.0 Å². The summed E-state index contributed by atoms with van der Waals surface area (Å²) in [6.07, 6.45) is -0.540. The number of carbonyl (C=O) groups excluding carboxylic acids is 2. The number of halogens is 1. The Bertz CT molecular complexity index is 1030. The Morgan fingerprint density at radius 3 is 2.54 bits per heavy atom. The zero-order valence-electron chi connectivity index (χ0n) is 14.7. The van der Waals surface area contributed by atoms with Gasteiger partial charge in [-0.2, -0.15) is 4.31 Å². The van der Waals surface area contributed by atoms with E-state index in [1.807, 2.05) is 0 Å². The van der Waals surface area contributed by atoms with E-state index in [0.717, 1.165) is 16.9 Å². The van der Waals surface area contributed by atoms with Gasteiger partial charge < -0.3 is 9.64 Å². The maximum absolute atomic E-state index is 12.7. The van der Waals surface area contributed by atoms with Crippen LogP contribution in [0.25, 0.3) is 0 Å². The molecule has 1 aromatic heterocycles. The molecule has 1 amide bonds. The predicted octanol–water partition coefficient (Wildman–Crippen LogP) is 2.54. The molecular weight excluding hydrogens is 424 g/mol. The lowest BCUT2D eigenvalue weighted by atomic mass is 10.0. The van der Waals surface area contributed by atoms with E-state index in [2.05, 4.69) is 0 Å². The van der Waals surface area contributed by atoms with Crippen LogP contribution in [-0.4, -0.2) is 55.7 Å². The van der Waals surface area contributed by atoms with Crippen molar-refractivity contribution in [3.8, 4) is 0 Å². The van der Waals surface area contributed by atoms with Crippen molar-refractivity contribution >= 4 is 44.8 Å². The molecule has 148 valence electrons. The number of thiophene rings is 1. The monoisotopic (exact) mass is 440 g/mol. The van der Waals surface area contributed by atoms with Crippen LogP contribution in [0.5, 0.6) is 0 Å². The number of hydrogen-bond donors (Lipinski definition) is 0. The summed E-state index contributed by atoms with van der Waals surface area (Å²) in [5.74, 6) is -0.579. The summed E-state index contributed by atoms with van der Waals surface area (Å²) in [5.41, 5.74) is 1.21. The second-order valence-electron chi connectivity index (χ2n) is 6.53. The summed E-state index contributed by atoms with van der Waals surface area (Å²) in [7, 11) is -3.60. The quantitative estimate of drug-likeness (QED) is 0.682. The number of hydrogen-bond acceptors (Lipinski definition) is 6. The molecule has 1 saturated heterocycles. The molecule has 1 unspecified atom stereocenters. The first-order valence-electron chi connectivity index (χ1n) is 8.69. The van der Waals surface area contributed by atoms with E-state index in [-0.39, 0.29) is 29.6 Å². The van der Waals surface area contributed by atoms with Crippen molar-refractivity contribution in [3.63, 3.8) is 0 Å². The summed E-state index contributed by atoms with van der Waals surface area (Å²) in [6, 6.07) is 10.1. The normalized spacial score (nSPS) is 20.1. The maximum atomic E-state index is 12.7. The number of fused-ring (bicyclic) bond motifs is 1. The molecule has 0 bridgehead atoms. The summed E-state index contributed by atoms with van der Waals surface area (Å²) >= 11 is 6.86. The van der Waals surface area contributed by atoms with E-state index >= 15 is 0 Å². The molecule has 1 aromatic carbocycles. The minimum atomic E-state index is -3.60. The highest BCUT2D eigenvalue weighted by atomic mass is 35.5. The number of nitrogens with zero attached hydrogens (tertiary/aromatic N) is 2. The molecule has 0 saturated carbocycles. The summed E-state index contributed by atoms with van der Waals surface area (Å²) in [4.78, 5) is 26.2. The lowest BCUT2D eigenvalue weighted by Gasteiger charge is -2.34. The van der Waals surface area contributed by atoms with Crippen molar-refractivity contribution in [2.45, 2.75) is 16.7 Å². The topological polar surface area (TPSA) is 84.0 Å². The second kappa shape index (κ2) is 7.47. The van der Waals surface area contributed by atoms with Crippen LogP contribution in [0.4, 0.5) is 0 Å². The van der Waals surface area contributed by atoms with Crippen molar-refractivity contribution in [2.75, 3.05) is 26.2 Å². The molecule has 7 nitrogen and oxygen atoms in total. The van der Waals surface area contributed by atoms with Crippen LogP contribution in [0.3, 0.4) is 0 Å². The Kier molecular flexibility index (Phi) is 5.17. The molecule has 2 aliphatic heterocycles. The van der Waals surface area contributed by atoms with Gasteiger partial charge in [-0.1, -0.05) is 29.8 Å². The third kappa shape index (κ3) is 3.55. The van der Waals surface area contributed by atoms with Crippen molar-refractivity contribution < 1.29 is 22.7 Å². The van der Waals surface area contributed by atoms with E-state index in [1.54, 1.807) is 35.2 Å². The molecule has 0 radical (unpaired) electrons. The summed E-state index contributed by atoms with van der Waals surface area (Å²) in [6.45, 7) is 1.01. The number of carbonyl (C=O) groups is 2. The first kappa shape index (κ1) is 19.4. The molecule has 1 atom stereocenters. The van der Waals surface area contributed by atoms with Gasteiger partial charge in [-0.3, -0.25) is 4.79 Å². The number of ether oxygens (including phenoxy) is 1. The molecule has 1 fully saturated rings. The van der Waals surface area contributed by atoms with Gasteiger partial charge in [0.2, 0.25) is 5.91 Å². The van der Waals surface area contributed by atoms with Gasteiger partial charge in [-0.15, -0.1) is 11.3 Å². The molecule has 4 rings (SSSR count). The third-order valence-corrected chi connectivity index (χ3v) is 8.47. The lowest BCUT2D eigenvalue weighted by Crippen LogP contribution is -2.50. The van der Waals surface area contributed by atoms with Crippen LogP contribution in [0.1, 0.15) is 28.4 Å².